The van der Waals surface area contributed by atoms with Crippen LogP contribution in [0.15, 0.2) is 0 Å². The van der Waals surface area contributed by atoms with E-state index in [1.54, 1.807) is 0 Å². The smallest absolute Gasteiger partial charge is 0.313 e. The molecule has 15 heavy (non-hydrogen) atoms. The summed E-state index contributed by atoms with van der Waals surface area (Å²) in [5, 5.41) is 9.33. The van der Waals surface area contributed by atoms with E-state index in [0.29, 0.717) is 25.8 Å². The first-order chi connectivity index (χ1) is 7.14. The lowest BCUT2D eigenvalue weighted by Crippen LogP contribution is -2.47. The topological polar surface area (TPSA) is 49.8 Å². The van der Waals surface area contributed by atoms with E-state index in [1.165, 1.54) is 12.8 Å². The van der Waals surface area contributed by atoms with E-state index < -0.39 is 11.4 Å². The van der Waals surface area contributed by atoms with Gasteiger partial charge in [0.05, 0.1) is 6.61 Å². The number of carboxylic acid groups (broad SMARTS) is 1. The van der Waals surface area contributed by atoms with Crippen molar-refractivity contribution in [2.45, 2.75) is 31.7 Å². The lowest BCUT2D eigenvalue weighted by molar-refractivity contribution is -0.159. The predicted octanol–water partition coefficient (Wildman–Crippen LogP) is 0.962. The molecule has 1 N–H and O–H groups in total. The molecule has 1 unspecified atom stereocenters. The second-order valence-corrected chi connectivity index (χ2v) is 4.89. The van der Waals surface area contributed by atoms with Crippen molar-refractivity contribution in [3.63, 3.8) is 0 Å². The van der Waals surface area contributed by atoms with Crippen molar-refractivity contribution in [3.05, 3.63) is 0 Å². The van der Waals surface area contributed by atoms with Gasteiger partial charge in [-0.2, -0.15) is 0 Å². The number of nitrogens with zero attached hydrogens (tertiary/aromatic N) is 1. The first kappa shape index (κ1) is 10.9. The van der Waals surface area contributed by atoms with Crippen LogP contribution in [0.1, 0.15) is 25.7 Å². The summed E-state index contributed by atoms with van der Waals surface area (Å²) in [6.45, 7) is 1.72. The minimum atomic E-state index is -0.699. The van der Waals surface area contributed by atoms with Crippen LogP contribution in [0.3, 0.4) is 0 Å². The van der Waals surface area contributed by atoms with Crippen molar-refractivity contribution in [2.24, 2.45) is 5.41 Å². The number of hydrogen-bond acceptors (Lipinski definition) is 3. The maximum Gasteiger partial charge on any atom is 0.313 e. The number of rotatable bonds is 4. The average molecular weight is 213 g/mol. The first-order valence-electron chi connectivity index (χ1n) is 5.65. The van der Waals surface area contributed by atoms with Gasteiger partial charge < -0.3 is 14.7 Å². The molecule has 0 bridgehead atoms. The van der Waals surface area contributed by atoms with Gasteiger partial charge in [-0.25, -0.2) is 0 Å². The maximum absolute atomic E-state index is 11.3. The van der Waals surface area contributed by atoms with Gasteiger partial charge in [-0.1, -0.05) is 0 Å². The summed E-state index contributed by atoms with van der Waals surface area (Å²) >= 11 is 0. The summed E-state index contributed by atoms with van der Waals surface area (Å²) in [4.78, 5) is 13.5. The highest BCUT2D eigenvalue weighted by Gasteiger charge is 2.43. The second-order valence-electron chi connectivity index (χ2n) is 4.89. The standard InChI is InChI=1S/C11H19NO3/c1-12(9-3-4-9)7-11(10(13)14)5-2-6-15-8-11/h9H,2-8H2,1H3,(H,13,14). The van der Waals surface area contributed by atoms with Crippen LogP contribution >= 0.6 is 0 Å². The zero-order chi connectivity index (χ0) is 10.9. The zero-order valence-electron chi connectivity index (χ0n) is 9.24. The maximum atomic E-state index is 11.3. The van der Waals surface area contributed by atoms with E-state index >= 15 is 0 Å². The Hall–Kier alpha value is -0.610. The van der Waals surface area contributed by atoms with E-state index in [1.807, 2.05) is 7.05 Å². The minimum Gasteiger partial charge on any atom is -0.481 e. The van der Waals surface area contributed by atoms with Gasteiger partial charge in [0.15, 0.2) is 0 Å². The average Bonchev–Trinajstić information content (AvgIpc) is 3.02. The molecule has 86 valence electrons. The molecule has 0 aromatic rings. The molecule has 0 radical (unpaired) electrons. The number of hydrogen-bond donors (Lipinski definition) is 1. The molecule has 0 amide bonds. The highest BCUT2D eigenvalue weighted by atomic mass is 16.5. The van der Waals surface area contributed by atoms with Crippen molar-refractivity contribution < 1.29 is 14.6 Å². The Morgan fingerprint density at radius 1 is 1.60 bits per heavy atom. The highest BCUT2D eigenvalue weighted by Crippen LogP contribution is 2.34. The van der Waals surface area contributed by atoms with Gasteiger partial charge in [0, 0.05) is 19.2 Å². The summed E-state index contributed by atoms with van der Waals surface area (Å²) in [7, 11) is 2.02. The van der Waals surface area contributed by atoms with Gasteiger partial charge in [0.2, 0.25) is 0 Å². The third-order valence-electron chi connectivity index (χ3n) is 3.50. The van der Waals surface area contributed by atoms with Crippen LogP contribution < -0.4 is 0 Å². The van der Waals surface area contributed by atoms with Crippen LogP contribution in [0.2, 0.25) is 0 Å². The van der Waals surface area contributed by atoms with E-state index in [9.17, 15) is 9.90 Å². The van der Waals surface area contributed by atoms with E-state index in [2.05, 4.69) is 4.90 Å². The normalized spacial score (nSPS) is 31.9. The molecule has 0 aromatic heterocycles. The summed E-state index contributed by atoms with van der Waals surface area (Å²) in [6, 6.07) is 0.614. The lowest BCUT2D eigenvalue weighted by Gasteiger charge is -2.36. The van der Waals surface area contributed by atoms with E-state index in [4.69, 9.17) is 4.74 Å². The van der Waals surface area contributed by atoms with Gasteiger partial charge in [0.1, 0.15) is 5.41 Å². The monoisotopic (exact) mass is 213 g/mol. The lowest BCUT2D eigenvalue weighted by atomic mass is 9.82. The molecule has 0 spiro atoms. The number of ether oxygens (including phenoxy) is 1. The Labute approximate surface area is 90.2 Å². The van der Waals surface area contributed by atoms with E-state index in [-0.39, 0.29) is 0 Å². The van der Waals surface area contributed by atoms with Crippen molar-refractivity contribution in [1.29, 1.82) is 0 Å². The molecule has 4 heteroatoms. The van der Waals surface area contributed by atoms with Gasteiger partial charge in [-0.15, -0.1) is 0 Å². The van der Waals surface area contributed by atoms with Crippen LogP contribution in [0.4, 0.5) is 0 Å². The van der Waals surface area contributed by atoms with Crippen molar-refractivity contribution in [3.8, 4) is 0 Å². The fraction of sp³-hybridized carbons (Fsp3) is 0.909. The molecule has 0 aromatic carbocycles. The van der Waals surface area contributed by atoms with Crippen LogP contribution in [-0.2, 0) is 9.53 Å². The quantitative estimate of drug-likeness (QED) is 0.755. The number of carboxylic acids is 1. The summed E-state index contributed by atoms with van der Waals surface area (Å²) in [5.74, 6) is -0.699. The number of carbonyl (C=O) groups is 1. The summed E-state index contributed by atoms with van der Waals surface area (Å²) < 4.78 is 5.34. The first-order valence-corrected chi connectivity index (χ1v) is 5.65. The third kappa shape index (κ3) is 2.32. The molecule has 1 saturated heterocycles. The Kier molecular flexibility index (Phi) is 2.98. The van der Waals surface area contributed by atoms with Crippen LogP contribution in [-0.4, -0.2) is 48.8 Å². The Morgan fingerprint density at radius 2 is 2.33 bits per heavy atom. The van der Waals surface area contributed by atoms with Gasteiger partial charge >= 0.3 is 5.97 Å². The molecule has 2 aliphatic rings. The largest absolute Gasteiger partial charge is 0.481 e. The van der Waals surface area contributed by atoms with E-state index in [0.717, 1.165) is 12.8 Å². The minimum absolute atomic E-state index is 0.374. The molecular weight excluding hydrogens is 194 g/mol. The van der Waals surface area contributed by atoms with Crippen molar-refractivity contribution in [1.82, 2.24) is 4.90 Å². The summed E-state index contributed by atoms with van der Waals surface area (Å²) in [6.07, 6.45) is 4.05. The molecule has 1 saturated carbocycles. The fourth-order valence-electron chi connectivity index (χ4n) is 2.34. The van der Waals surface area contributed by atoms with Crippen molar-refractivity contribution >= 4 is 5.97 Å². The van der Waals surface area contributed by atoms with Gasteiger partial charge in [0.25, 0.3) is 0 Å². The molecule has 1 aliphatic heterocycles. The third-order valence-corrected chi connectivity index (χ3v) is 3.50. The molecular formula is C11H19NO3. The SMILES string of the molecule is CN(CC1(C(=O)O)CCCOC1)C1CC1. The van der Waals surface area contributed by atoms with Gasteiger partial charge in [-0.3, -0.25) is 4.79 Å². The molecule has 1 atom stereocenters. The zero-order valence-corrected chi connectivity index (χ0v) is 9.24. The highest BCUT2D eigenvalue weighted by molar-refractivity contribution is 5.75. The number of aliphatic carboxylic acids is 1. The molecule has 4 nitrogen and oxygen atoms in total. The Balaban J connectivity index is 2.00. The molecule has 2 fully saturated rings. The molecule has 1 aliphatic carbocycles. The predicted molar refractivity (Wildman–Crippen MR) is 55.8 cm³/mol. The second kappa shape index (κ2) is 4.10. The van der Waals surface area contributed by atoms with Gasteiger partial charge in [-0.05, 0) is 32.7 Å². The molecule has 1 heterocycles. The van der Waals surface area contributed by atoms with Crippen LogP contribution in [0.5, 0.6) is 0 Å². The Morgan fingerprint density at radius 3 is 2.80 bits per heavy atom. The summed E-state index contributed by atoms with van der Waals surface area (Å²) in [5.41, 5.74) is -0.657. The van der Waals surface area contributed by atoms with Crippen LogP contribution in [0.25, 0.3) is 0 Å². The molecule has 2 rings (SSSR count). The van der Waals surface area contributed by atoms with Crippen LogP contribution in [0, 0.1) is 5.41 Å². The fourth-order valence-corrected chi connectivity index (χ4v) is 2.34. The van der Waals surface area contributed by atoms with Crippen molar-refractivity contribution in [2.75, 3.05) is 26.8 Å². The Bertz CT molecular complexity index is 244.